The monoisotopic (exact) mass is 633 g/mol. The van der Waals surface area contributed by atoms with E-state index in [2.05, 4.69) is 93.9 Å². The van der Waals surface area contributed by atoms with Crippen LogP contribution in [0.25, 0.3) is 33.5 Å². The Bertz CT molecular complexity index is 1640. The van der Waals surface area contributed by atoms with Gasteiger partial charge in [-0.15, -0.1) is 0 Å². The molecule has 0 radical (unpaired) electrons. The standard InChI is InChI=1S/C40H51N5O2/c1-29-3-5-32(6-4-29)40-41-39-37(31-11-17-43(18-12-31)35-13-23-46-24-14-35)27-33(28-38(39)42(40)2)30-7-9-34(10-8-30)44-19-21-45(22-20-44)36-15-25-47-26-16-36/h3-10,27-28,31,35-36H,11-26H2,1-2H3. The molecule has 4 aliphatic rings. The van der Waals surface area contributed by atoms with E-state index in [1.54, 1.807) is 0 Å². The molecule has 0 atom stereocenters. The normalized spacial score (nSPS) is 21.5. The number of imidazole rings is 1. The summed E-state index contributed by atoms with van der Waals surface area (Å²) in [5.41, 5.74) is 10.2. The van der Waals surface area contributed by atoms with Gasteiger partial charge in [-0.3, -0.25) is 4.90 Å². The fourth-order valence-electron chi connectivity index (χ4n) is 8.64. The molecule has 3 aromatic carbocycles. The third kappa shape index (κ3) is 6.48. The van der Waals surface area contributed by atoms with Crippen LogP contribution >= 0.6 is 0 Å². The summed E-state index contributed by atoms with van der Waals surface area (Å²) in [7, 11) is 2.19. The maximum Gasteiger partial charge on any atom is 0.140 e. The van der Waals surface area contributed by atoms with Gasteiger partial charge in [-0.1, -0.05) is 42.0 Å². The van der Waals surface area contributed by atoms with E-state index in [-0.39, 0.29) is 0 Å². The van der Waals surface area contributed by atoms with Crippen LogP contribution in [0, 0.1) is 6.92 Å². The van der Waals surface area contributed by atoms with Crippen molar-refractivity contribution >= 4 is 16.7 Å². The van der Waals surface area contributed by atoms with Crippen LogP contribution in [0.5, 0.6) is 0 Å². The maximum absolute atomic E-state index is 5.66. The summed E-state index contributed by atoms with van der Waals surface area (Å²) in [5, 5.41) is 0. The van der Waals surface area contributed by atoms with Crippen molar-refractivity contribution in [3.8, 4) is 22.5 Å². The van der Waals surface area contributed by atoms with Gasteiger partial charge in [-0.2, -0.15) is 0 Å². The van der Waals surface area contributed by atoms with E-state index in [9.17, 15) is 0 Å². The van der Waals surface area contributed by atoms with Crippen LogP contribution in [-0.2, 0) is 16.5 Å². The van der Waals surface area contributed by atoms with Gasteiger partial charge < -0.3 is 23.8 Å². The molecule has 4 aliphatic heterocycles. The molecule has 7 nitrogen and oxygen atoms in total. The number of anilines is 1. The molecule has 0 saturated carbocycles. The van der Waals surface area contributed by atoms with Gasteiger partial charge in [-0.25, -0.2) is 4.98 Å². The van der Waals surface area contributed by atoms with Gasteiger partial charge in [0.1, 0.15) is 5.82 Å². The molecule has 0 aliphatic carbocycles. The van der Waals surface area contributed by atoms with Crippen molar-refractivity contribution in [1.29, 1.82) is 0 Å². The van der Waals surface area contributed by atoms with Crippen LogP contribution in [0.1, 0.15) is 55.6 Å². The number of piperidine rings is 1. The number of piperazine rings is 1. The van der Waals surface area contributed by atoms with Gasteiger partial charge in [0, 0.05) is 83.0 Å². The molecule has 8 rings (SSSR count). The lowest BCUT2D eigenvalue weighted by Crippen LogP contribution is -2.51. The molecule has 248 valence electrons. The van der Waals surface area contributed by atoms with Crippen molar-refractivity contribution in [1.82, 2.24) is 19.4 Å². The molecular weight excluding hydrogens is 582 g/mol. The fourth-order valence-corrected chi connectivity index (χ4v) is 8.64. The molecule has 4 saturated heterocycles. The zero-order chi connectivity index (χ0) is 31.7. The summed E-state index contributed by atoms with van der Waals surface area (Å²) in [6, 6.07) is 24.4. The smallest absolute Gasteiger partial charge is 0.140 e. The van der Waals surface area contributed by atoms with Gasteiger partial charge in [-0.05, 0) is 105 Å². The summed E-state index contributed by atoms with van der Waals surface area (Å²) in [5.74, 6) is 1.56. The molecule has 47 heavy (non-hydrogen) atoms. The molecule has 0 amide bonds. The van der Waals surface area contributed by atoms with Gasteiger partial charge >= 0.3 is 0 Å². The molecule has 4 aromatic rings. The lowest BCUT2D eigenvalue weighted by molar-refractivity contribution is 0.0252. The highest BCUT2D eigenvalue weighted by Gasteiger charge is 2.30. The maximum atomic E-state index is 5.66. The average Bonchev–Trinajstić information content (AvgIpc) is 3.48. The number of fused-ring (bicyclic) bond motifs is 1. The zero-order valence-electron chi connectivity index (χ0n) is 28.4. The van der Waals surface area contributed by atoms with Crippen LogP contribution in [-0.4, -0.2) is 97.1 Å². The second-order valence-corrected chi connectivity index (χ2v) is 14.4. The molecule has 7 heteroatoms. The number of rotatable bonds is 6. The van der Waals surface area contributed by atoms with Crippen LogP contribution < -0.4 is 4.90 Å². The van der Waals surface area contributed by atoms with E-state index < -0.39 is 0 Å². The van der Waals surface area contributed by atoms with E-state index in [1.807, 2.05) is 0 Å². The van der Waals surface area contributed by atoms with E-state index in [1.165, 1.54) is 83.1 Å². The summed E-state index contributed by atoms with van der Waals surface area (Å²) < 4.78 is 13.6. The molecule has 0 unspecified atom stereocenters. The molecule has 4 fully saturated rings. The number of aryl methyl sites for hydroxylation is 2. The largest absolute Gasteiger partial charge is 0.381 e. The minimum atomic E-state index is 0.514. The van der Waals surface area contributed by atoms with Crippen molar-refractivity contribution in [3.63, 3.8) is 0 Å². The number of nitrogens with zero attached hydrogens (tertiary/aromatic N) is 5. The highest BCUT2D eigenvalue weighted by atomic mass is 16.5. The minimum absolute atomic E-state index is 0.514. The Hall–Kier alpha value is -3.23. The number of likely N-dealkylation sites (tertiary alicyclic amines) is 1. The SMILES string of the molecule is Cc1ccc(-c2nc3c(C4CCN(C5CCOCC5)CC4)cc(-c4ccc(N5CCN(C6CCOCC6)CC5)cc4)cc3n2C)cc1. The highest BCUT2D eigenvalue weighted by Crippen LogP contribution is 2.39. The predicted octanol–water partition coefficient (Wildman–Crippen LogP) is 6.88. The summed E-state index contributed by atoms with van der Waals surface area (Å²) >= 11 is 0. The number of aromatic nitrogens is 2. The molecule has 5 heterocycles. The van der Waals surface area contributed by atoms with Crippen molar-refractivity contribution in [3.05, 3.63) is 71.8 Å². The van der Waals surface area contributed by atoms with Crippen LogP contribution in [0.4, 0.5) is 5.69 Å². The Morgan fingerprint density at radius 2 is 1.19 bits per heavy atom. The van der Waals surface area contributed by atoms with E-state index in [4.69, 9.17) is 14.5 Å². The summed E-state index contributed by atoms with van der Waals surface area (Å²) in [4.78, 5) is 13.4. The summed E-state index contributed by atoms with van der Waals surface area (Å²) in [6.07, 6.45) is 7.08. The third-order valence-corrected chi connectivity index (χ3v) is 11.6. The first-order valence-corrected chi connectivity index (χ1v) is 18.2. The van der Waals surface area contributed by atoms with E-state index in [0.29, 0.717) is 18.0 Å². The minimum Gasteiger partial charge on any atom is -0.381 e. The van der Waals surface area contributed by atoms with Crippen molar-refractivity contribution in [2.45, 2.75) is 63.5 Å². The molecule has 0 spiro atoms. The first kappa shape index (κ1) is 31.1. The Morgan fingerprint density at radius 3 is 1.81 bits per heavy atom. The number of benzene rings is 3. The first-order chi connectivity index (χ1) is 23.1. The lowest BCUT2D eigenvalue weighted by Gasteiger charge is -2.41. The Morgan fingerprint density at radius 1 is 0.617 bits per heavy atom. The van der Waals surface area contributed by atoms with Crippen molar-refractivity contribution in [2.24, 2.45) is 7.05 Å². The second-order valence-electron chi connectivity index (χ2n) is 14.4. The first-order valence-electron chi connectivity index (χ1n) is 18.2. The van der Waals surface area contributed by atoms with Gasteiger partial charge in [0.25, 0.3) is 0 Å². The molecule has 0 bridgehead atoms. The number of ether oxygens (including phenoxy) is 2. The number of hydrogen-bond donors (Lipinski definition) is 0. The quantitative estimate of drug-likeness (QED) is 0.231. The lowest BCUT2D eigenvalue weighted by atomic mass is 9.86. The van der Waals surface area contributed by atoms with Crippen LogP contribution in [0.3, 0.4) is 0 Å². The highest BCUT2D eigenvalue weighted by molar-refractivity contribution is 5.89. The van der Waals surface area contributed by atoms with Gasteiger partial charge in [0.15, 0.2) is 0 Å². The fraction of sp³-hybridized carbons (Fsp3) is 0.525. The average molecular weight is 634 g/mol. The predicted molar refractivity (Wildman–Crippen MR) is 191 cm³/mol. The van der Waals surface area contributed by atoms with Crippen molar-refractivity contribution < 1.29 is 9.47 Å². The van der Waals surface area contributed by atoms with Crippen LogP contribution in [0.15, 0.2) is 60.7 Å². The van der Waals surface area contributed by atoms with Gasteiger partial charge in [0.2, 0.25) is 0 Å². The number of hydrogen-bond acceptors (Lipinski definition) is 6. The molecule has 1 aromatic heterocycles. The Balaban J connectivity index is 1.06. The second kappa shape index (κ2) is 13.7. The van der Waals surface area contributed by atoms with Crippen LogP contribution in [0.2, 0.25) is 0 Å². The third-order valence-electron chi connectivity index (χ3n) is 11.6. The Labute approximate surface area is 280 Å². The topological polar surface area (TPSA) is 46.0 Å². The van der Waals surface area contributed by atoms with E-state index >= 15 is 0 Å². The van der Waals surface area contributed by atoms with Crippen molar-refractivity contribution in [2.75, 3.05) is 70.6 Å². The van der Waals surface area contributed by atoms with E-state index in [0.717, 1.165) is 71.5 Å². The Kier molecular flexibility index (Phi) is 9.06. The van der Waals surface area contributed by atoms with Gasteiger partial charge in [0.05, 0.1) is 11.0 Å². The zero-order valence-corrected chi connectivity index (χ0v) is 28.4. The summed E-state index contributed by atoms with van der Waals surface area (Å²) in [6.45, 7) is 12.6. The molecule has 0 N–H and O–H groups in total. The molecular formula is C40H51N5O2.